The molecule has 0 unspecified atom stereocenters. The maximum absolute atomic E-state index is 9.43. The van der Waals surface area contributed by atoms with Gasteiger partial charge in [-0.05, 0) is 0 Å². The summed E-state index contributed by atoms with van der Waals surface area (Å²) in [5.41, 5.74) is 0. The summed E-state index contributed by atoms with van der Waals surface area (Å²) in [4.78, 5) is 56.6. The molecule has 0 fully saturated rings. The van der Waals surface area contributed by atoms with Crippen molar-refractivity contribution in [3.63, 3.8) is 0 Å². The molecule has 0 atom stereocenters. The van der Waals surface area contributed by atoms with Crippen LogP contribution in [0.25, 0.3) is 0 Å². The second kappa shape index (κ2) is 19.8. The van der Waals surface area contributed by atoms with Gasteiger partial charge in [0.05, 0.1) is 0 Å². The number of hydrogen-bond acceptors (Lipinski definition) is 6. The van der Waals surface area contributed by atoms with Crippen LogP contribution in [0.5, 0.6) is 0 Å². The van der Waals surface area contributed by atoms with E-state index in [1.807, 2.05) is 0 Å². The first kappa shape index (κ1) is 32.7. The van der Waals surface area contributed by atoms with Crippen molar-refractivity contribution >= 4 is 35.8 Å². The summed E-state index contributed by atoms with van der Waals surface area (Å²) in [6.07, 6.45) is -2.42. The van der Waals surface area contributed by atoms with Crippen LogP contribution in [-0.2, 0) is 62.3 Å². The van der Waals surface area contributed by atoms with E-state index in [2.05, 4.69) is 0 Å². The van der Waals surface area contributed by atoms with E-state index in [0.717, 1.165) is 0 Å². The van der Waals surface area contributed by atoms with Crippen molar-refractivity contribution in [1.29, 1.82) is 0 Å². The standard InChI is InChI=1S/3C3H4O4.2Co/c3*4-2(5)1-3(6)7;;/h3*1H2,(H,4,5)(H,6,7);;. The topological polar surface area (TPSA) is 224 Å². The minimum absolute atomic E-state index is 0. The Morgan fingerprint density at radius 3 is 0.478 bits per heavy atom. The first-order valence-corrected chi connectivity index (χ1v) is 4.69. The largest absolute Gasteiger partial charge is 0.481 e. The predicted octanol–water partition coefficient (Wildman–Crippen LogP) is -1.37. The Kier molecular flexibility index (Phi) is 28.2. The van der Waals surface area contributed by atoms with Crippen LogP contribution in [-0.4, -0.2) is 66.5 Å². The molecule has 0 aliphatic heterocycles. The number of carbonyl (C=O) groups is 6. The summed E-state index contributed by atoms with van der Waals surface area (Å²) in [5.74, 6) is -7.88. The smallest absolute Gasteiger partial charge is 0.314 e. The van der Waals surface area contributed by atoms with Crippen LogP contribution in [0.15, 0.2) is 0 Å². The van der Waals surface area contributed by atoms with Crippen LogP contribution in [0.3, 0.4) is 0 Å². The Hall–Kier alpha value is -2.17. The molecule has 0 spiro atoms. The van der Waals surface area contributed by atoms with Crippen molar-refractivity contribution in [2.24, 2.45) is 0 Å². The second-order valence-corrected chi connectivity index (χ2v) is 2.89. The number of hydrogen-bond donors (Lipinski definition) is 6. The summed E-state index contributed by atoms with van der Waals surface area (Å²) in [7, 11) is 0. The van der Waals surface area contributed by atoms with Gasteiger partial charge >= 0.3 is 35.8 Å². The maximum Gasteiger partial charge on any atom is 0.314 e. The molecular formula is C9H12Co2O12. The van der Waals surface area contributed by atoms with E-state index < -0.39 is 55.1 Å². The summed E-state index contributed by atoms with van der Waals surface area (Å²) < 4.78 is 0. The molecule has 14 heteroatoms. The first-order chi connectivity index (χ1) is 9.38. The molecule has 0 aliphatic carbocycles. The molecule has 6 N–H and O–H groups in total. The summed E-state index contributed by atoms with van der Waals surface area (Å²) in [6.45, 7) is 0. The number of aliphatic carboxylic acids is 6. The minimum atomic E-state index is -1.31. The van der Waals surface area contributed by atoms with Crippen molar-refractivity contribution in [2.75, 3.05) is 0 Å². The summed E-state index contributed by atoms with van der Waals surface area (Å²) >= 11 is 0. The minimum Gasteiger partial charge on any atom is -0.481 e. The van der Waals surface area contributed by atoms with Crippen LogP contribution in [0.1, 0.15) is 19.3 Å². The van der Waals surface area contributed by atoms with E-state index in [0.29, 0.717) is 0 Å². The molecule has 0 heterocycles. The Labute approximate surface area is 148 Å². The van der Waals surface area contributed by atoms with Crippen molar-refractivity contribution in [3.8, 4) is 0 Å². The molecule has 0 aromatic heterocycles. The van der Waals surface area contributed by atoms with Crippen LogP contribution in [0.2, 0.25) is 0 Å². The fraction of sp³-hybridized carbons (Fsp3) is 0.333. The van der Waals surface area contributed by atoms with Crippen molar-refractivity contribution in [1.82, 2.24) is 0 Å². The van der Waals surface area contributed by atoms with Crippen LogP contribution in [0.4, 0.5) is 0 Å². The maximum atomic E-state index is 9.43. The summed E-state index contributed by atoms with van der Waals surface area (Å²) in [5, 5.41) is 46.2. The monoisotopic (exact) mass is 430 g/mol. The quantitative estimate of drug-likeness (QED) is 0.269. The molecule has 0 aromatic rings. The zero-order chi connectivity index (χ0) is 17.6. The molecule has 0 bridgehead atoms. The van der Waals surface area contributed by atoms with Crippen LogP contribution >= 0.6 is 0 Å². The molecule has 2 radical (unpaired) electrons. The van der Waals surface area contributed by atoms with Crippen molar-refractivity contribution < 1.29 is 93.0 Å². The van der Waals surface area contributed by atoms with Gasteiger partial charge in [-0.3, -0.25) is 28.8 Å². The third-order valence-corrected chi connectivity index (χ3v) is 0.907. The molecule has 0 aliphatic rings. The molecule has 138 valence electrons. The van der Waals surface area contributed by atoms with Gasteiger partial charge < -0.3 is 30.6 Å². The Morgan fingerprint density at radius 2 is 0.478 bits per heavy atom. The normalized spacial score (nSPS) is 7.30. The molecule has 12 nitrogen and oxygen atoms in total. The SMILES string of the molecule is O=C(O)CC(=O)O.O=C(O)CC(=O)O.O=C(O)CC(=O)O.[Co].[Co]. The zero-order valence-corrected chi connectivity index (χ0v) is 13.0. The third kappa shape index (κ3) is 65.2. The molecule has 0 amide bonds. The molecule has 23 heavy (non-hydrogen) atoms. The fourth-order valence-corrected chi connectivity index (χ4v) is 0.388. The molecule has 0 saturated heterocycles. The molecular weight excluding hydrogens is 418 g/mol. The Morgan fingerprint density at radius 1 is 0.391 bits per heavy atom. The van der Waals surface area contributed by atoms with E-state index >= 15 is 0 Å². The van der Waals surface area contributed by atoms with Gasteiger partial charge in [-0.15, -0.1) is 0 Å². The van der Waals surface area contributed by atoms with Gasteiger partial charge in [0.15, 0.2) is 0 Å². The third-order valence-electron chi connectivity index (χ3n) is 0.907. The number of carboxylic acids is 6. The molecule has 0 aromatic carbocycles. The van der Waals surface area contributed by atoms with Gasteiger partial charge in [0, 0.05) is 33.6 Å². The Balaban J connectivity index is -0.0000000675. The van der Waals surface area contributed by atoms with Gasteiger partial charge in [0.1, 0.15) is 19.3 Å². The molecule has 0 rings (SSSR count). The van der Waals surface area contributed by atoms with Crippen molar-refractivity contribution in [3.05, 3.63) is 0 Å². The van der Waals surface area contributed by atoms with Crippen LogP contribution < -0.4 is 0 Å². The van der Waals surface area contributed by atoms with E-state index in [1.165, 1.54) is 0 Å². The first-order valence-electron chi connectivity index (χ1n) is 4.69. The van der Waals surface area contributed by atoms with Gasteiger partial charge in [0.2, 0.25) is 0 Å². The zero-order valence-electron chi connectivity index (χ0n) is 10.9. The average molecular weight is 430 g/mol. The predicted molar refractivity (Wildman–Crippen MR) is 59.7 cm³/mol. The fourth-order valence-electron chi connectivity index (χ4n) is 0.388. The van der Waals surface area contributed by atoms with E-state index in [4.69, 9.17) is 30.6 Å². The van der Waals surface area contributed by atoms with E-state index in [-0.39, 0.29) is 33.6 Å². The van der Waals surface area contributed by atoms with Crippen LogP contribution in [0, 0.1) is 0 Å². The van der Waals surface area contributed by atoms with Gasteiger partial charge in [0.25, 0.3) is 0 Å². The Bertz CT molecular complexity index is 321. The van der Waals surface area contributed by atoms with Crippen molar-refractivity contribution in [2.45, 2.75) is 19.3 Å². The van der Waals surface area contributed by atoms with E-state index in [1.54, 1.807) is 0 Å². The number of carboxylic acid groups (broad SMARTS) is 6. The second-order valence-electron chi connectivity index (χ2n) is 2.89. The van der Waals surface area contributed by atoms with Gasteiger partial charge in [-0.25, -0.2) is 0 Å². The van der Waals surface area contributed by atoms with Gasteiger partial charge in [-0.1, -0.05) is 0 Å². The average Bonchev–Trinajstić information content (AvgIpc) is 2.10. The van der Waals surface area contributed by atoms with E-state index in [9.17, 15) is 28.8 Å². The van der Waals surface area contributed by atoms with Gasteiger partial charge in [-0.2, -0.15) is 0 Å². The molecule has 0 saturated carbocycles. The number of rotatable bonds is 6. The summed E-state index contributed by atoms with van der Waals surface area (Å²) in [6, 6.07) is 0.